The fourth-order valence-corrected chi connectivity index (χ4v) is 2.02. The van der Waals surface area contributed by atoms with Crippen molar-refractivity contribution in [2.75, 3.05) is 7.11 Å². The Morgan fingerprint density at radius 3 is 2.50 bits per heavy atom. The Bertz CT molecular complexity index is 587. The van der Waals surface area contributed by atoms with Crippen molar-refractivity contribution in [1.82, 2.24) is 0 Å². The van der Waals surface area contributed by atoms with Crippen molar-refractivity contribution in [2.45, 2.75) is 12.8 Å². The van der Waals surface area contributed by atoms with Crippen LogP contribution in [0.1, 0.15) is 17.5 Å². The van der Waals surface area contributed by atoms with Crippen LogP contribution in [-0.2, 0) is 6.42 Å². The van der Waals surface area contributed by atoms with Gasteiger partial charge in [0.15, 0.2) is 0 Å². The SMILES string of the molecule is COc1ccccc1CCC(=N)/C=C/c1ccccc1. The number of ether oxygens (including phenoxy) is 1. The maximum atomic E-state index is 7.99. The molecule has 0 spiro atoms. The average Bonchev–Trinajstić information content (AvgIpc) is 2.52. The van der Waals surface area contributed by atoms with Gasteiger partial charge in [0.2, 0.25) is 0 Å². The van der Waals surface area contributed by atoms with Gasteiger partial charge < -0.3 is 10.1 Å². The number of benzene rings is 2. The lowest BCUT2D eigenvalue weighted by atomic mass is 10.1. The van der Waals surface area contributed by atoms with Gasteiger partial charge in [-0.3, -0.25) is 0 Å². The smallest absolute Gasteiger partial charge is 0.122 e. The van der Waals surface area contributed by atoms with Crippen molar-refractivity contribution in [3.05, 3.63) is 71.8 Å². The molecule has 2 nitrogen and oxygen atoms in total. The van der Waals surface area contributed by atoms with Crippen LogP contribution in [0.2, 0.25) is 0 Å². The van der Waals surface area contributed by atoms with E-state index < -0.39 is 0 Å². The Balaban J connectivity index is 1.91. The van der Waals surface area contributed by atoms with E-state index in [-0.39, 0.29) is 0 Å². The molecule has 0 bridgehead atoms. The predicted molar refractivity (Wildman–Crippen MR) is 84.5 cm³/mol. The van der Waals surface area contributed by atoms with Crippen molar-refractivity contribution in [2.24, 2.45) is 0 Å². The zero-order chi connectivity index (χ0) is 14.2. The number of allylic oxidation sites excluding steroid dienone is 1. The second-order valence-corrected chi connectivity index (χ2v) is 4.58. The molecule has 0 fully saturated rings. The molecule has 0 amide bonds. The highest BCUT2D eigenvalue weighted by molar-refractivity contribution is 5.95. The molecule has 1 N–H and O–H groups in total. The highest BCUT2D eigenvalue weighted by Crippen LogP contribution is 2.19. The highest BCUT2D eigenvalue weighted by atomic mass is 16.5. The van der Waals surface area contributed by atoms with E-state index in [2.05, 4.69) is 0 Å². The first-order valence-electron chi connectivity index (χ1n) is 6.72. The molecule has 0 aliphatic heterocycles. The molecule has 0 radical (unpaired) electrons. The zero-order valence-corrected chi connectivity index (χ0v) is 11.7. The first kappa shape index (κ1) is 14.1. The standard InChI is InChI=1S/C18H19NO/c1-20-18-10-6-5-9-16(18)12-14-17(19)13-11-15-7-3-2-4-8-15/h2-11,13,19H,12,14H2,1H3/b13-11+,19-17?. The molecule has 0 heterocycles. The van der Waals surface area contributed by atoms with E-state index in [4.69, 9.17) is 10.1 Å². The van der Waals surface area contributed by atoms with Gasteiger partial charge in [-0.05, 0) is 36.1 Å². The number of nitrogens with one attached hydrogen (secondary N) is 1. The third kappa shape index (κ3) is 4.09. The summed E-state index contributed by atoms with van der Waals surface area (Å²) in [6, 6.07) is 18.0. The van der Waals surface area contributed by atoms with Gasteiger partial charge in [0.1, 0.15) is 5.75 Å². The van der Waals surface area contributed by atoms with Crippen molar-refractivity contribution in [3.63, 3.8) is 0 Å². The summed E-state index contributed by atoms with van der Waals surface area (Å²) in [5, 5.41) is 7.99. The van der Waals surface area contributed by atoms with E-state index in [1.54, 1.807) is 7.11 Å². The van der Waals surface area contributed by atoms with Crippen molar-refractivity contribution < 1.29 is 4.74 Å². The lowest BCUT2D eigenvalue weighted by molar-refractivity contribution is 0.410. The van der Waals surface area contributed by atoms with E-state index >= 15 is 0 Å². The minimum Gasteiger partial charge on any atom is -0.496 e. The van der Waals surface area contributed by atoms with Crippen LogP contribution in [0.25, 0.3) is 6.08 Å². The van der Waals surface area contributed by atoms with Crippen molar-refractivity contribution in [1.29, 1.82) is 5.41 Å². The summed E-state index contributed by atoms with van der Waals surface area (Å²) in [5.74, 6) is 0.896. The molecule has 20 heavy (non-hydrogen) atoms. The van der Waals surface area contributed by atoms with Gasteiger partial charge in [-0.2, -0.15) is 0 Å². The molecule has 0 aliphatic rings. The van der Waals surface area contributed by atoms with Gasteiger partial charge in [0.25, 0.3) is 0 Å². The highest BCUT2D eigenvalue weighted by Gasteiger charge is 2.02. The van der Waals surface area contributed by atoms with Gasteiger partial charge in [-0.1, -0.05) is 54.6 Å². The molecular formula is C18H19NO. The second kappa shape index (κ2) is 7.29. The maximum absolute atomic E-state index is 7.99. The van der Waals surface area contributed by atoms with Gasteiger partial charge >= 0.3 is 0 Å². The molecule has 102 valence electrons. The van der Waals surface area contributed by atoms with Crippen LogP contribution in [0.4, 0.5) is 0 Å². The van der Waals surface area contributed by atoms with E-state index in [0.717, 1.165) is 23.3 Å². The lowest BCUT2D eigenvalue weighted by Crippen LogP contribution is -1.97. The topological polar surface area (TPSA) is 33.1 Å². The molecule has 2 aromatic carbocycles. The molecule has 2 heteroatoms. The number of rotatable bonds is 6. The Labute approximate surface area is 120 Å². The monoisotopic (exact) mass is 265 g/mol. The summed E-state index contributed by atoms with van der Waals surface area (Å²) >= 11 is 0. The quantitative estimate of drug-likeness (QED) is 0.773. The van der Waals surface area contributed by atoms with Gasteiger partial charge in [0, 0.05) is 5.71 Å². The summed E-state index contributed by atoms with van der Waals surface area (Å²) in [5.41, 5.74) is 2.89. The molecule has 0 saturated carbocycles. The Hall–Kier alpha value is -2.35. The summed E-state index contributed by atoms with van der Waals surface area (Å²) in [6.45, 7) is 0. The van der Waals surface area contributed by atoms with Gasteiger partial charge in [-0.15, -0.1) is 0 Å². The average molecular weight is 265 g/mol. The summed E-state index contributed by atoms with van der Waals surface area (Å²) in [6.07, 6.45) is 5.38. The minimum absolute atomic E-state index is 0.625. The van der Waals surface area contributed by atoms with E-state index in [0.29, 0.717) is 12.1 Å². The lowest BCUT2D eigenvalue weighted by Gasteiger charge is -2.07. The molecule has 2 rings (SSSR count). The van der Waals surface area contributed by atoms with Gasteiger partial charge in [-0.25, -0.2) is 0 Å². The molecule has 0 saturated heterocycles. The van der Waals surface area contributed by atoms with Crippen molar-refractivity contribution in [3.8, 4) is 5.75 Å². The van der Waals surface area contributed by atoms with Gasteiger partial charge in [0.05, 0.1) is 7.11 Å². The molecule has 0 aliphatic carbocycles. The molecule has 0 unspecified atom stereocenters. The normalized spacial score (nSPS) is 10.7. The largest absolute Gasteiger partial charge is 0.496 e. The van der Waals surface area contributed by atoms with Crippen LogP contribution < -0.4 is 4.74 Å². The van der Waals surface area contributed by atoms with Crippen LogP contribution in [0, 0.1) is 5.41 Å². The number of hydrogen-bond donors (Lipinski definition) is 1. The molecule has 0 aromatic heterocycles. The number of aryl methyl sites for hydroxylation is 1. The molecule has 2 aromatic rings. The van der Waals surface area contributed by atoms with Crippen LogP contribution >= 0.6 is 0 Å². The van der Waals surface area contributed by atoms with E-state index in [1.165, 1.54) is 0 Å². The van der Waals surface area contributed by atoms with Crippen LogP contribution in [0.5, 0.6) is 5.75 Å². The number of para-hydroxylation sites is 1. The van der Waals surface area contributed by atoms with Crippen LogP contribution in [0.15, 0.2) is 60.7 Å². The maximum Gasteiger partial charge on any atom is 0.122 e. The number of methoxy groups -OCH3 is 1. The van der Waals surface area contributed by atoms with Crippen molar-refractivity contribution >= 4 is 11.8 Å². The summed E-state index contributed by atoms with van der Waals surface area (Å²) < 4.78 is 5.32. The fraction of sp³-hybridized carbons (Fsp3) is 0.167. The predicted octanol–water partition coefficient (Wildman–Crippen LogP) is 4.36. The first-order valence-corrected chi connectivity index (χ1v) is 6.72. The second-order valence-electron chi connectivity index (χ2n) is 4.58. The zero-order valence-electron chi connectivity index (χ0n) is 11.7. The van der Waals surface area contributed by atoms with E-state index in [9.17, 15) is 0 Å². The molecular weight excluding hydrogens is 246 g/mol. The Morgan fingerprint density at radius 1 is 1.05 bits per heavy atom. The fourth-order valence-electron chi connectivity index (χ4n) is 2.02. The summed E-state index contributed by atoms with van der Waals surface area (Å²) in [4.78, 5) is 0. The van der Waals surface area contributed by atoms with E-state index in [1.807, 2.05) is 66.7 Å². The third-order valence-electron chi connectivity index (χ3n) is 3.13. The number of hydrogen-bond acceptors (Lipinski definition) is 2. The first-order chi connectivity index (χ1) is 9.79. The summed E-state index contributed by atoms with van der Waals surface area (Å²) in [7, 11) is 1.68. The Morgan fingerprint density at radius 2 is 1.75 bits per heavy atom. The minimum atomic E-state index is 0.625. The Kier molecular flexibility index (Phi) is 5.13. The molecule has 0 atom stereocenters. The third-order valence-corrected chi connectivity index (χ3v) is 3.13. The van der Waals surface area contributed by atoms with Crippen LogP contribution in [0.3, 0.4) is 0 Å². The van der Waals surface area contributed by atoms with Crippen LogP contribution in [-0.4, -0.2) is 12.8 Å².